The summed E-state index contributed by atoms with van der Waals surface area (Å²) in [4.78, 5) is 2.67. The van der Waals surface area contributed by atoms with Gasteiger partial charge in [0.2, 0.25) is 0 Å². The summed E-state index contributed by atoms with van der Waals surface area (Å²) >= 11 is 3.58. The Labute approximate surface area is 138 Å². The van der Waals surface area contributed by atoms with Crippen LogP contribution < -0.4 is 5.32 Å². The number of hydrogen-bond acceptors (Lipinski definition) is 2. The number of halogens is 1. The molecule has 2 rings (SSSR count). The number of likely N-dealkylation sites (tertiary alicyclic amines) is 1. The molecule has 1 aromatic carbocycles. The zero-order valence-corrected chi connectivity index (χ0v) is 15.2. The van der Waals surface area contributed by atoms with Gasteiger partial charge in [-0.3, -0.25) is 4.90 Å². The van der Waals surface area contributed by atoms with Crippen molar-refractivity contribution in [3.8, 4) is 0 Å². The quantitative estimate of drug-likeness (QED) is 0.770. The minimum Gasteiger partial charge on any atom is -0.308 e. The molecule has 0 aromatic heterocycles. The Hall–Kier alpha value is -0.380. The molecule has 0 amide bonds. The van der Waals surface area contributed by atoms with Gasteiger partial charge in [-0.05, 0) is 56.0 Å². The van der Waals surface area contributed by atoms with E-state index >= 15 is 0 Å². The highest BCUT2D eigenvalue weighted by atomic mass is 79.9. The molecule has 1 aromatic rings. The summed E-state index contributed by atoms with van der Waals surface area (Å²) in [6.07, 6.45) is 3.86. The Morgan fingerprint density at radius 1 is 1.24 bits per heavy atom. The molecular formula is C18H29BrN2. The van der Waals surface area contributed by atoms with Crippen molar-refractivity contribution >= 4 is 15.9 Å². The van der Waals surface area contributed by atoms with Crippen molar-refractivity contribution in [3.05, 3.63) is 34.3 Å². The van der Waals surface area contributed by atoms with Crippen LogP contribution >= 0.6 is 15.9 Å². The molecule has 0 saturated carbocycles. The lowest BCUT2D eigenvalue weighted by molar-refractivity contribution is 0.181. The molecule has 1 fully saturated rings. The fourth-order valence-corrected chi connectivity index (χ4v) is 3.76. The van der Waals surface area contributed by atoms with Crippen molar-refractivity contribution in [2.75, 3.05) is 19.6 Å². The van der Waals surface area contributed by atoms with E-state index in [0.717, 1.165) is 13.0 Å². The van der Waals surface area contributed by atoms with Crippen molar-refractivity contribution in [1.82, 2.24) is 10.2 Å². The monoisotopic (exact) mass is 352 g/mol. The molecule has 1 aliphatic rings. The van der Waals surface area contributed by atoms with Crippen LogP contribution in [0.3, 0.4) is 0 Å². The Morgan fingerprint density at radius 2 is 1.95 bits per heavy atom. The van der Waals surface area contributed by atoms with Crippen molar-refractivity contribution in [1.29, 1.82) is 0 Å². The first-order chi connectivity index (χ1) is 10.1. The van der Waals surface area contributed by atoms with E-state index in [1.165, 1.54) is 36.0 Å². The molecule has 118 valence electrons. The van der Waals surface area contributed by atoms with E-state index < -0.39 is 0 Å². The zero-order chi connectivity index (χ0) is 15.2. The van der Waals surface area contributed by atoms with E-state index in [1.54, 1.807) is 0 Å². The molecule has 0 bridgehead atoms. The minimum absolute atomic E-state index is 0.450. The maximum absolute atomic E-state index is 3.81. The predicted octanol–water partition coefficient (Wildman–Crippen LogP) is 4.61. The number of nitrogens with one attached hydrogen (secondary N) is 1. The summed E-state index contributed by atoms with van der Waals surface area (Å²) < 4.78 is 1.17. The number of nitrogens with zero attached hydrogens (tertiary/aromatic N) is 1. The third-order valence-electron chi connectivity index (χ3n) is 4.61. The molecule has 0 spiro atoms. The van der Waals surface area contributed by atoms with Gasteiger partial charge in [-0.25, -0.2) is 0 Å². The normalized spacial score (nSPS) is 19.1. The fourth-order valence-electron chi connectivity index (χ4n) is 3.34. The minimum atomic E-state index is 0.450. The van der Waals surface area contributed by atoms with Crippen LogP contribution in [-0.2, 0) is 0 Å². The maximum Gasteiger partial charge on any atom is 0.0318 e. The second-order valence-corrected chi connectivity index (χ2v) is 7.39. The van der Waals surface area contributed by atoms with Crippen molar-refractivity contribution in [2.24, 2.45) is 5.92 Å². The summed E-state index contributed by atoms with van der Waals surface area (Å²) in [5.41, 5.74) is 1.39. The van der Waals surface area contributed by atoms with E-state index in [2.05, 4.69) is 71.2 Å². The first kappa shape index (κ1) is 17.0. The average molecular weight is 353 g/mol. The summed E-state index contributed by atoms with van der Waals surface area (Å²) in [7, 11) is 0. The molecule has 21 heavy (non-hydrogen) atoms. The largest absolute Gasteiger partial charge is 0.308 e. The predicted molar refractivity (Wildman–Crippen MR) is 94.6 cm³/mol. The maximum atomic E-state index is 3.81. The third kappa shape index (κ3) is 4.80. The number of hydrogen-bond donors (Lipinski definition) is 1. The molecule has 0 radical (unpaired) electrons. The van der Waals surface area contributed by atoms with Gasteiger partial charge < -0.3 is 5.32 Å². The van der Waals surface area contributed by atoms with Gasteiger partial charge in [0.15, 0.2) is 0 Å². The Morgan fingerprint density at radius 3 is 2.52 bits per heavy atom. The van der Waals surface area contributed by atoms with E-state index in [9.17, 15) is 0 Å². The van der Waals surface area contributed by atoms with Gasteiger partial charge in [-0.1, -0.05) is 48.8 Å². The average Bonchev–Trinajstić information content (AvgIpc) is 2.97. The van der Waals surface area contributed by atoms with Crippen LogP contribution in [0.15, 0.2) is 28.7 Å². The van der Waals surface area contributed by atoms with Crippen LogP contribution in [0.1, 0.15) is 51.6 Å². The SMILES string of the molecule is CCC(NCC(C(C)C)N1CCCC1)c1cccc(Br)c1. The van der Waals surface area contributed by atoms with Crippen molar-refractivity contribution in [2.45, 2.75) is 52.1 Å². The lowest BCUT2D eigenvalue weighted by Crippen LogP contribution is -2.45. The van der Waals surface area contributed by atoms with Gasteiger partial charge in [0.1, 0.15) is 0 Å². The van der Waals surface area contributed by atoms with Crippen LogP contribution in [0, 0.1) is 5.92 Å². The highest BCUT2D eigenvalue weighted by molar-refractivity contribution is 9.10. The molecule has 1 saturated heterocycles. The lowest BCUT2D eigenvalue weighted by Gasteiger charge is -2.32. The first-order valence-corrected chi connectivity index (χ1v) is 9.14. The van der Waals surface area contributed by atoms with Gasteiger partial charge in [-0.15, -0.1) is 0 Å². The topological polar surface area (TPSA) is 15.3 Å². The van der Waals surface area contributed by atoms with Gasteiger partial charge >= 0.3 is 0 Å². The van der Waals surface area contributed by atoms with Crippen LogP contribution in [0.5, 0.6) is 0 Å². The summed E-state index contributed by atoms with van der Waals surface area (Å²) in [6, 6.07) is 9.80. The van der Waals surface area contributed by atoms with Crippen LogP contribution in [-0.4, -0.2) is 30.6 Å². The molecular weight excluding hydrogens is 324 g/mol. The number of rotatable bonds is 7. The molecule has 0 aliphatic carbocycles. The smallest absolute Gasteiger partial charge is 0.0318 e. The Bertz CT molecular complexity index is 427. The molecule has 2 nitrogen and oxygen atoms in total. The molecule has 3 heteroatoms. The van der Waals surface area contributed by atoms with Gasteiger partial charge in [0, 0.05) is 23.1 Å². The fraction of sp³-hybridized carbons (Fsp3) is 0.667. The molecule has 1 aliphatic heterocycles. The Balaban J connectivity index is 1.97. The lowest BCUT2D eigenvalue weighted by atomic mass is 10.00. The van der Waals surface area contributed by atoms with E-state index in [0.29, 0.717) is 18.0 Å². The molecule has 2 atom stereocenters. The molecule has 1 N–H and O–H groups in total. The third-order valence-corrected chi connectivity index (χ3v) is 5.11. The van der Waals surface area contributed by atoms with E-state index in [4.69, 9.17) is 0 Å². The van der Waals surface area contributed by atoms with Crippen LogP contribution in [0.4, 0.5) is 0 Å². The van der Waals surface area contributed by atoms with E-state index in [1.807, 2.05) is 0 Å². The molecule has 2 unspecified atom stereocenters. The van der Waals surface area contributed by atoms with Crippen LogP contribution in [0.25, 0.3) is 0 Å². The van der Waals surface area contributed by atoms with Gasteiger partial charge in [-0.2, -0.15) is 0 Å². The Kier molecular flexibility index (Phi) is 6.72. The second-order valence-electron chi connectivity index (χ2n) is 6.48. The highest BCUT2D eigenvalue weighted by Gasteiger charge is 2.25. The summed E-state index contributed by atoms with van der Waals surface area (Å²) in [6.45, 7) is 10.6. The second kappa shape index (κ2) is 8.30. The molecule has 1 heterocycles. The summed E-state index contributed by atoms with van der Waals surface area (Å²) in [5, 5.41) is 3.81. The van der Waals surface area contributed by atoms with Gasteiger partial charge in [0.05, 0.1) is 0 Å². The van der Waals surface area contributed by atoms with Crippen molar-refractivity contribution < 1.29 is 0 Å². The summed E-state index contributed by atoms with van der Waals surface area (Å²) in [5.74, 6) is 0.704. The van der Waals surface area contributed by atoms with E-state index in [-0.39, 0.29) is 0 Å². The van der Waals surface area contributed by atoms with Gasteiger partial charge in [0.25, 0.3) is 0 Å². The van der Waals surface area contributed by atoms with Crippen LogP contribution in [0.2, 0.25) is 0 Å². The first-order valence-electron chi connectivity index (χ1n) is 8.34. The number of benzene rings is 1. The zero-order valence-electron chi connectivity index (χ0n) is 13.6. The standard InChI is InChI=1S/C18H29BrN2/c1-4-17(15-8-7-9-16(19)12-15)20-13-18(14(2)3)21-10-5-6-11-21/h7-9,12,14,17-18,20H,4-6,10-11,13H2,1-3H3. The van der Waals surface area contributed by atoms with Crippen molar-refractivity contribution in [3.63, 3.8) is 0 Å². The highest BCUT2D eigenvalue weighted by Crippen LogP contribution is 2.22.